The number of fused-ring (bicyclic) bond motifs is 1. The van der Waals surface area contributed by atoms with Crippen LogP contribution in [0.4, 0.5) is 5.69 Å². The largest absolute Gasteiger partial charge is 0.370 e. The van der Waals surface area contributed by atoms with E-state index in [0.29, 0.717) is 12.5 Å². The zero-order valence-corrected chi connectivity index (χ0v) is 17.4. The second-order valence-corrected chi connectivity index (χ2v) is 7.29. The third-order valence-electron chi connectivity index (χ3n) is 4.11. The molecule has 130 valence electrons. The Hall–Kier alpha value is -1.12. The number of nitrogens with zero attached hydrogens (tertiary/aromatic N) is 1. The van der Waals surface area contributed by atoms with E-state index in [1.165, 1.54) is 21.6 Å². The number of anilines is 1. The minimum atomic E-state index is -0.387. The van der Waals surface area contributed by atoms with Crippen molar-refractivity contribution in [2.24, 2.45) is 10.7 Å². The number of ether oxygens (including phenoxy) is 1. The van der Waals surface area contributed by atoms with Crippen molar-refractivity contribution in [1.29, 1.82) is 0 Å². The van der Waals surface area contributed by atoms with Crippen LogP contribution in [0.1, 0.15) is 28.5 Å². The van der Waals surface area contributed by atoms with E-state index in [0.717, 1.165) is 18.7 Å². The molecule has 1 aromatic carbocycles. The summed E-state index contributed by atoms with van der Waals surface area (Å²) in [5, 5.41) is 5.30. The van der Waals surface area contributed by atoms with Crippen molar-refractivity contribution in [3.63, 3.8) is 0 Å². The third-order valence-corrected chi connectivity index (χ3v) is 5.09. The van der Waals surface area contributed by atoms with Crippen molar-refractivity contribution < 1.29 is 4.74 Å². The Morgan fingerprint density at radius 1 is 1.33 bits per heavy atom. The Morgan fingerprint density at radius 3 is 2.75 bits per heavy atom. The van der Waals surface area contributed by atoms with E-state index in [9.17, 15) is 0 Å². The molecule has 24 heavy (non-hydrogen) atoms. The number of hydrogen-bond acceptors (Lipinski definition) is 3. The van der Waals surface area contributed by atoms with Gasteiger partial charge >= 0.3 is 0 Å². The third kappa shape index (κ3) is 4.29. The van der Waals surface area contributed by atoms with Crippen molar-refractivity contribution in [2.45, 2.75) is 32.8 Å². The van der Waals surface area contributed by atoms with E-state index >= 15 is 0 Å². The van der Waals surface area contributed by atoms with Crippen LogP contribution in [0.25, 0.3) is 0 Å². The van der Waals surface area contributed by atoms with Gasteiger partial charge in [0.1, 0.15) is 5.60 Å². The van der Waals surface area contributed by atoms with Gasteiger partial charge in [0.15, 0.2) is 5.96 Å². The lowest BCUT2D eigenvalue weighted by Crippen LogP contribution is -2.36. The van der Waals surface area contributed by atoms with Crippen LogP contribution in [0.3, 0.4) is 0 Å². The lowest BCUT2D eigenvalue weighted by atomic mass is 9.93. The molecule has 0 amide bonds. The summed E-state index contributed by atoms with van der Waals surface area (Å²) >= 11 is 1.79. The van der Waals surface area contributed by atoms with Crippen LogP contribution in [0, 0.1) is 13.8 Å². The molecule has 0 radical (unpaired) electrons. The second-order valence-electron chi connectivity index (χ2n) is 6.29. The van der Waals surface area contributed by atoms with E-state index in [-0.39, 0.29) is 29.6 Å². The first-order valence-electron chi connectivity index (χ1n) is 7.82. The van der Waals surface area contributed by atoms with E-state index in [1.54, 1.807) is 11.3 Å². The average molecular weight is 457 g/mol. The Labute approximate surface area is 164 Å². The highest BCUT2D eigenvalue weighted by molar-refractivity contribution is 14.0. The SMILES string of the molecule is Cc1cc(C)cc(NC(N)=NCC2(C)OCCc3sccc32)c1.I. The number of hydrogen-bond donors (Lipinski definition) is 2. The number of guanidine groups is 1. The maximum absolute atomic E-state index is 6.06. The van der Waals surface area contributed by atoms with Crippen molar-refractivity contribution in [2.75, 3.05) is 18.5 Å². The maximum Gasteiger partial charge on any atom is 0.193 e. The fraction of sp³-hybridized carbons (Fsp3) is 0.389. The summed E-state index contributed by atoms with van der Waals surface area (Å²) < 4.78 is 6.01. The summed E-state index contributed by atoms with van der Waals surface area (Å²) in [6.07, 6.45) is 0.989. The predicted octanol–water partition coefficient (Wildman–Crippen LogP) is 4.20. The Morgan fingerprint density at radius 2 is 2.04 bits per heavy atom. The molecule has 4 nitrogen and oxygen atoms in total. The summed E-state index contributed by atoms with van der Waals surface area (Å²) in [6, 6.07) is 8.39. The van der Waals surface area contributed by atoms with Gasteiger partial charge in [-0.25, -0.2) is 4.99 Å². The molecule has 1 aromatic heterocycles. The summed E-state index contributed by atoms with van der Waals surface area (Å²) in [5.74, 6) is 0.419. The molecule has 0 bridgehead atoms. The fourth-order valence-corrected chi connectivity index (χ4v) is 4.03. The highest BCUT2D eigenvalue weighted by Crippen LogP contribution is 2.36. The molecule has 1 aliphatic rings. The summed E-state index contributed by atoms with van der Waals surface area (Å²) in [7, 11) is 0. The molecular weight excluding hydrogens is 433 g/mol. The number of rotatable bonds is 3. The molecule has 1 atom stereocenters. The molecule has 2 aromatic rings. The standard InChI is InChI=1S/C18H23N3OS.HI/c1-12-8-13(2)10-14(9-12)21-17(19)20-11-18(3)15-5-7-23-16(15)4-6-22-18;/h5,7-10H,4,6,11H2,1-3H3,(H3,19,20,21);1H. The van der Waals surface area contributed by atoms with Crippen LogP contribution in [-0.4, -0.2) is 19.1 Å². The lowest BCUT2D eigenvalue weighted by molar-refractivity contribution is -0.0374. The van der Waals surface area contributed by atoms with Gasteiger partial charge in [0, 0.05) is 17.0 Å². The molecule has 3 rings (SSSR count). The van der Waals surface area contributed by atoms with Gasteiger partial charge in [-0.15, -0.1) is 35.3 Å². The van der Waals surface area contributed by atoms with Gasteiger partial charge < -0.3 is 15.8 Å². The normalized spacial score (nSPS) is 20.2. The minimum absolute atomic E-state index is 0. The van der Waals surface area contributed by atoms with Crippen LogP contribution in [0.5, 0.6) is 0 Å². The molecule has 1 unspecified atom stereocenters. The highest BCUT2D eigenvalue weighted by Gasteiger charge is 2.33. The van der Waals surface area contributed by atoms with Crippen LogP contribution in [0.2, 0.25) is 0 Å². The first-order chi connectivity index (χ1) is 11.0. The molecule has 6 heteroatoms. The Bertz CT molecular complexity index is 723. The van der Waals surface area contributed by atoms with Crippen molar-refractivity contribution >= 4 is 47.0 Å². The Balaban J connectivity index is 0.00000208. The number of aryl methyl sites for hydroxylation is 2. The number of thiophene rings is 1. The lowest BCUT2D eigenvalue weighted by Gasteiger charge is -2.33. The number of halogens is 1. The smallest absolute Gasteiger partial charge is 0.193 e. The molecule has 0 spiro atoms. The predicted molar refractivity (Wildman–Crippen MR) is 113 cm³/mol. The second kappa shape index (κ2) is 7.84. The molecular formula is C18H24IN3OS. The van der Waals surface area contributed by atoms with Crippen molar-refractivity contribution in [3.8, 4) is 0 Å². The minimum Gasteiger partial charge on any atom is -0.370 e. The zero-order chi connectivity index (χ0) is 16.4. The molecule has 0 fully saturated rings. The topological polar surface area (TPSA) is 59.6 Å². The Kier molecular flexibility index (Phi) is 6.28. The van der Waals surface area contributed by atoms with Gasteiger partial charge in [-0.05, 0) is 61.0 Å². The first-order valence-corrected chi connectivity index (χ1v) is 8.70. The number of nitrogens with two attached hydrogens (primary N) is 1. The maximum atomic E-state index is 6.06. The van der Waals surface area contributed by atoms with Gasteiger partial charge in [-0.2, -0.15) is 0 Å². The van der Waals surface area contributed by atoms with E-state index in [2.05, 4.69) is 60.7 Å². The van der Waals surface area contributed by atoms with Crippen molar-refractivity contribution in [1.82, 2.24) is 0 Å². The first kappa shape index (κ1) is 19.2. The average Bonchev–Trinajstić information content (AvgIpc) is 2.94. The van der Waals surface area contributed by atoms with Crippen LogP contribution in [-0.2, 0) is 16.8 Å². The van der Waals surface area contributed by atoms with Crippen LogP contribution >= 0.6 is 35.3 Å². The molecule has 3 N–H and O–H groups in total. The summed E-state index contributed by atoms with van der Waals surface area (Å²) in [5.41, 5.74) is 10.3. The summed E-state index contributed by atoms with van der Waals surface area (Å²) in [4.78, 5) is 5.91. The quantitative estimate of drug-likeness (QED) is 0.413. The van der Waals surface area contributed by atoms with E-state index in [4.69, 9.17) is 10.5 Å². The molecule has 0 aliphatic carbocycles. The highest BCUT2D eigenvalue weighted by atomic mass is 127. The van der Waals surface area contributed by atoms with Gasteiger partial charge in [-0.3, -0.25) is 0 Å². The van der Waals surface area contributed by atoms with E-state index in [1.807, 2.05) is 0 Å². The number of nitrogens with one attached hydrogen (secondary N) is 1. The van der Waals surface area contributed by atoms with Gasteiger partial charge in [-0.1, -0.05) is 6.07 Å². The van der Waals surface area contributed by atoms with Gasteiger partial charge in [0.2, 0.25) is 0 Å². The van der Waals surface area contributed by atoms with Gasteiger partial charge in [0.05, 0.1) is 13.2 Å². The van der Waals surface area contributed by atoms with Crippen LogP contribution < -0.4 is 11.1 Å². The number of aliphatic imine (C=N–C) groups is 1. The monoisotopic (exact) mass is 457 g/mol. The molecule has 0 saturated carbocycles. The number of benzene rings is 1. The molecule has 1 aliphatic heterocycles. The fourth-order valence-electron chi connectivity index (χ4n) is 3.05. The zero-order valence-electron chi connectivity index (χ0n) is 14.3. The summed E-state index contributed by atoms with van der Waals surface area (Å²) in [6.45, 7) is 7.48. The molecule has 0 saturated heterocycles. The van der Waals surface area contributed by atoms with Crippen molar-refractivity contribution in [3.05, 3.63) is 51.2 Å². The van der Waals surface area contributed by atoms with Gasteiger partial charge in [0.25, 0.3) is 0 Å². The van der Waals surface area contributed by atoms with Crippen LogP contribution in [0.15, 0.2) is 34.6 Å². The van der Waals surface area contributed by atoms with E-state index < -0.39 is 0 Å². The molecule has 2 heterocycles.